The summed E-state index contributed by atoms with van der Waals surface area (Å²) in [6, 6.07) is 22.2. The van der Waals surface area contributed by atoms with Crippen molar-refractivity contribution in [3.05, 3.63) is 94.8 Å². The number of carbonyl (C=O) groups is 1. The number of carbonyl (C=O) groups excluding carboxylic acids is 1. The molecule has 35 heavy (non-hydrogen) atoms. The van der Waals surface area contributed by atoms with Gasteiger partial charge in [0.2, 0.25) is 0 Å². The van der Waals surface area contributed by atoms with Crippen molar-refractivity contribution in [2.45, 2.75) is 53.0 Å². The van der Waals surface area contributed by atoms with Crippen LogP contribution in [0, 0.1) is 20.8 Å². The maximum Gasteiger partial charge on any atom is 0.251 e. The molecular formula is C30H35N3O2. The number of hydrogen-bond acceptors (Lipinski definition) is 3. The van der Waals surface area contributed by atoms with Gasteiger partial charge < -0.3 is 14.6 Å². The van der Waals surface area contributed by atoms with E-state index in [9.17, 15) is 4.79 Å². The van der Waals surface area contributed by atoms with E-state index < -0.39 is 0 Å². The van der Waals surface area contributed by atoms with Crippen molar-refractivity contribution < 1.29 is 9.53 Å². The molecule has 0 atom stereocenters. The Morgan fingerprint density at radius 3 is 2.40 bits per heavy atom. The molecule has 5 nitrogen and oxygen atoms in total. The molecule has 5 heteroatoms. The van der Waals surface area contributed by atoms with Crippen LogP contribution in [0.25, 0.3) is 11.0 Å². The normalized spacial score (nSPS) is 11.1. The summed E-state index contributed by atoms with van der Waals surface area (Å²) in [6.07, 6.45) is 3.66. The minimum Gasteiger partial charge on any atom is -0.493 e. The molecular weight excluding hydrogens is 434 g/mol. The first-order valence-electron chi connectivity index (χ1n) is 12.5. The largest absolute Gasteiger partial charge is 0.493 e. The second-order valence-electron chi connectivity index (χ2n) is 9.17. The van der Waals surface area contributed by atoms with Crippen molar-refractivity contribution in [1.82, 2.24) is 14.9 Å². The van der Waals surface area contributed by atoms with Crippen molar-refractivity contribution in [3.63, 3.8) is 0 Å². The number of fused-ring (bicyclic) bond motifs is 1. The number of nitrogens with one attached hydrogen (secondary N) is 1. The van der Waals surface area contributed by atoms with Gasteiger partial charge in [-0.05, 0) is 75.4 Å². The van der Waals surface area contributed by atoms with Crippen molar-refractivity contribution in [3.8, 4) is 5.75 Å². The summed E-state index contributed by atoms with van der Waals surface area (Å²) in [7, 11) is 0. The number of amides is 1. The van der Waals surface area contributed by atoms with E-state index in [2.05, 4.69) is 60.1 Å². The van der Waals surface area contributed by atoms with Gasteiger partial charge in [0, 0.05) is 25.1 Å². The molecule has 1 heterocycles. The summed E-state index contributed by atoms with van der Waals surface area (Å²) in [5, 5.41) is 3.03. The van der Waals surface area contributed by atoms with Crippen LogP contribution in [0.3, 0.4) is 0 Å². The summed E-state index contributed by atoms with van der Waals surface area (Å²) in [5.41, 5.74) is 6.41. The molecule has 1 aromatic heterocycles. The zero-order valence-corrected chi connectivity index (χ0v) is 21.0. The molecule has 0 saturated carbocycles. The molecule has 0 saturated heterocycles. The topological polar surface area (TPSA) is 56.2 Å². The third-order valence-corrected chi connectivity index (χ3v) is 6.34. The van der Waals surface area contributed by atoms with Crippen LogP contribution in [0.5, 0.6) is 5.75 Å². The molecule has 0 aliphatic rings. The minimum atomic E-state index is -0.0256. The second kappa shape index (κ2) is 11.7. The second-order valence-corrected chi connectivity index (χ2v) is 9.17. The Morgan fingerprint density at radius 2 is 1.63 bits per heavy atom. The van der Waals surface area contributed by atoms with Crippen LogP contribution in [0.4, 0.5) is 0 Å². The highest BCUT2D eigenvalue weighted by molar-refractivity contribution is 5.94. The van der Waals surface area contributed by atoms with Crippen LogP contribution < -0.4 is 10.1 Å². The fourth-order valence-corrected chi connectivity index (χ4v) is 4.39. The van der Waals surface area contributed by atoms with Gasteiger partial charge in [0.05, 0.1) is 17.6 Å². The standard InChI is InChI=1S/C30H35N3O2/c1-22-15-17-25(18-16-22)30(34)31-19-9-14-28-32-26-12-4-5-13-27(26)33(28)20-6-7-21-35-29-23(2)10-8-11-24(29)3/h4-5,8,10-13,15-18H,6-7,9,14,19-21H2,1-3H3,(H,31,34). The summed E-state index contributed by atoms with van der Waals surface area (Å²) in [5.74, 6) is 2.06. The molecule has 0 radical (unpaired) electrons. The molecule has 0 aliphatic carbocycles. The zero-order valence-electron chi connectivity index (χ0n) is 21.0. The number of imidazole rings is 1. The zero-order chi connectivity index (χ0) is 24.6. The van der Waals surface area contributed by atoms with E-state index in [1.165, 1.54) is 16.6 Å². The molecule has 0 spiro atoms. The SMILES string of the molecule is Cc1ccc(C(=O)NCCCc2nc3ccccc3n2CCCCOc2c(C)cccc2C)cc1. The number of aryl methyl sites for hydroxylation is 5. The first-order chi connectivity index (χ1) is 17.0. The summed E-state index contributed by atoms with van der Waals surface area (Å²) < 4.78 is 8.41. The Labute approximate surface area is 208 Å². The Bertz CT molecular complexity index is 1250. The lowest BCUT2D eigenvalue weighted by molar-refractivity contribution is 0.0953. The average Bonchev–Trinajstić information content (AvgIpc) is 3.21. The van der Waals surface area contributed by atoms with E-state index in [0.29, 0.717) is 18.7 Å². The monoisotopic (exact) mass is 469 g/mol. The van der Waals surface area contributed by atoms with Crippen LogP contribution in [-0.4, -0.2) is 28.6 Å². The van der Waals surface area contributed by atoms with Gasteiger partial charge in [0.25, 0.3) is 5.91 Å². The van der Waals surface area contributed by atoms with Crippen LogP contribution >= 0.6 is 0 Å². The Balaban J connectivity index is 1.30. The Hall–Kier alpha value is -3.60. The van der Waals surface area contributed by atoms with Gasteiger partial charge in [-0.2, -0.15) is 0 Å². The van der Waals surface area contributed by atoms with Gasteiger partial charge >= 0.3 is 0 Å². The predicted molar refractivity (Wildman–Crippen MR) is 142 cm³/mol. The third-order valence-electron chi connectivity index (χ3n) is 6.34. The van der Waals surface area contributed by atoms with Crippen LogP contribution in [0.2, 0.25) is 0 Å². The van der Waals surface area contributed by atoms with Crippen LogP contribution in [0.1, 0.15) is 52.1 Å². The van der Waals surface area contributed by atoms with Crippen molar-refractivity contribution in [1.29, 1.82) is 0 Å². The molecule has 3 aromatic carbocycles. The van der Waals surface area contributed by atoms with E-state index in [1.54, 1.807) is 0 Å². The molecule has 0 unspecified atom stereocenters. The number of ether oxygens (including phenoxy) is 1. The molecule has 0 fully saturated rings. The van der Waals surface area contributed by atoms with E-state index in [1.807, 2.05) is 37.3 Å². The lowest BCUT2D eigenvalue weighted by Gasteiger charge is -2.13. The first-order valence-corrected chi connectivity index (χ1v) is 12.5. The van der Waals surface area contributed by atoms with Crippen molar-refractivity contribution in [2.24, 2.45) is 0 Å². The lowest BCUT2D eigenvalue weighted by atomic mass is 10.1. The number of nitrogens with zero attached hydrogens (tertiary/aromatic N) is 2. The van der Waals surface area contributed by atoms with E-state index >= 15 is 0 Å². The third kappa shape index (κ3) is 6.30. The number of benzene rings is 3. The highest BCUT2D eigenvalue weighted by atomic mass is 16.5. The highest BCUT2D eigenvalue weighted by Crippen LogP contribution is 2.23. The van der Waals surface area contributed by atoms with Crippen LogP contribution in [0.15, 0.2) is 66.7 Å². The van der Waals surface area contributed by atoms with Gasteiger partial charge in [0.15, 0.2) is 0 Å². The smallest absolute Gasteiger partial charge is 0.251 e. The number of rotatable bonds is 11. The first kappa shape index (κ1) is 24.5. The quantitative estimate of drug-likeness (QED) is 0.267. The fraction of sp³-hybridized carbons (Fsp3) is 0.333. The maximum atomic E-state index is 12.4. The van der Waals surface area contributed by atoms with Gasteiger partial charge in [-0.3, -0.25) is 4.79 Å². The van der Waals surface area contributed by atoms with Gasteiger partial charge in [0.1, 0.15) is 11.6 Å². The molecule has 0 aliphatic heterocycles. The van der Waals surface area contributed by atoms with Crippen LogP contribution in [-0.2, 0) is 13.0 Å². The van der Waals surface area contributed by atoms with E-state index in [0.717, 1.165) is 54.9 Å². The summed E-state index contributed by atoms with van der Waals surface area (Å²) >= 11 is 0. The minimum absolute atomic E-state index is 0.0256. The molecule has 1 N–H and O–H groups in total. The maximum absolute atomic E-state index is 12.4. The predicted octanol–water partition coefficient (Wildman–Crippen LogP) is 6.18. The number of aromatic nitrogens is 2. The Kier molecular flexibility index (Phi) is 8.19. The van der Waals surface area contributed by atoms with E-state index in [4.69, 9.17) is 9.72 Å². The molecule has 0 bridgehead atoms. The summed E-state index contributed by atoms with van der Waals surface area (Å²) in [6.45, 7) is 8.44. The number of para-hydroxylation sites is 3. The number of hydrogen-bond donors (Lipinski definition) is 1. The van der Waals surface area contributed by atoms with Gasteiger partial charge in [-0.25, -0.2) is 4.98 Å². The van der Waals surface area contributed by atoms with Crippen molar-refractivity contribution >= 4 is 16.9 Å². The number of unbranched alkanes of at least 4 members (excludes halogenated alkanes) is 1. The van der Waals surface area contributed by atoms with Crippen molar-refractivity contribution in [2.75, 3.05) is 13.2 Å². The van der Waals surface area contributed by atoms with E-state index in [-0.39, 0.29) is 5.91 Å². The highest BCUT2D eigenvalue weighted by Gasteiger charge is 2.11. The molecule has 182 valence electrons. The Morgan fingerprint density at radius 1 is 0.886 bits per heavy atom. The van der Waals surface area contributed by atoms with Gasteiger partial charge in [-0.1, -0.05) is 48.0 Å². The molecule has 4 aromatic rings. The fourth-order valence-electron chi connectivity index (χ4n) is 4.39. The van der Waals surface area contributed by atoms with Gasteiger partial charge in [-0.15, -0.1) is 0 Å². The lowest BCUT2D eigenvalue weighted by Crippen LogP contribution is -2.25. The molecule has 4 rings (SSSR count). The average molecular weight is 470 g/mol. The summed E-state index contributed by atoms with van der Waals surface area (Å²) in [4.78, 5) is 17.3. The molecule has 1 amide bonds.